The van der Waals surface area contributed by atoms with Crippen LogP contribution in [0.2, 0.25) is 0 Å². The van der Waals surface area contributed by atoms with Crippen molar-refractivity contribution in [3.05, 3.63) is 0 Å². The molecule has 0 rings (SSSR count). The van der Waals surface area contributed by atoms with Crippen molar-refractivity contribution in [2.75, 3.05) is 0 Å². The van der Waals surface area contributed by atoms with Gasteiger partial charge in [-0.15, -0.1) is 0 Å². The first-order chi connectivity index (χ1) is 2.73. The number of carboxylic acids is 1. The van der Waals surface area contributed by atoms with Crippen molar-refractivity contribution in [1.29, 1.82) is 0 Å². The number of aliphatic carboxylic acids is 1. The molecule has 0 saturated carbocycles. The predicted molar refractivity (Wildman–Crippen MR) is 30.7 cm³/mol. The molecule has 6 heteroatoms. The van der Waals surface area contributed by atoms with Crippen molar-refractivity contribution in [2.45, 2.75) is 6.92 Å². The van der Waals surface area contributed by atoms with Gasteiger partial charge in [-0.2, -0.15) is 0 Å². The van der Waals surface area contributed by atoms with Gasteiger partial charge in [0.1, 0.15) is 0 Å². The van der Waals surface area contributed by atoms with Crippen LogP contribution in [0.3, 0.4) is 0 Å². The minimum atomic E-state index is -0.833. The average Bonchev–Trinajstić information content (AvgIpc) is 1.41. The molecule has 50 valence electrons. The maximum atomic E-state index is 9.00. The van der Waals surface area contributed by atoms with Crippen molar-refractivity contribution in [3.8, 4) is 0 Å². The summed E-state index contributed by atoms with van der Waals surface area (Å²) in [4.78, 5) is 9.00. The van der Waals surface area contributed by atoms with Crippen LogP contribution in [-0.4, -0.2) is 64.8 Å². The molecular formula is C2H10CaO5. The van der Waals surface area contributed by atoms with Gasteiger partial charge in [-0.05, 0) is 0 Å². The van der Waals surface area contributed by atoms with Gasteiger partial charge in [0.2, 0.25) is 0 Å². The molecule has 8 heavy (non-hydrogen) atoms. The molecule has 0 aliphatic carbocycles. The summed E-state index contributed by atoms with van der Waals surface area (Å²) < 4.78 is 0. The van der Waals surface area contributed by atoms with Crippen LogP contribution in [-0.2, 0) is 4.79 Å². The third-order valence-electron chi connectivity index (χ3n) is 0. The van der Waals surface area contributed by atoms with Crippen LogP contribution in [0.1, 0.15) is 6.92 Å². The standard InChI is InChI=1S/C2H4O2.Ca.H2O2.H2O.2H/c1-2(3)4;;1-2;;;/h1H3,(H,3,4);;1-2H;1H2;;. The average molecular weight is 154 g/mol. The van der Waals surface area contributed by atoms with Gasteiger partial charge >= 0.3 is 37.7 Å². The van der Waals surface area contributed by atoms with Crippen molar-refractivity contribution in [3.63, 3.8) is 0 Å². The summed E-state index contributed by atoms with van der Waals surface area (Å²) in [5.74, 6) is -0.833. The van der Waals surface area contributed by atoms with Crippen LogP contribution in [0.5, 0.6) is 0 Å². The maximum absolute atomic E-state index is 9.00. The first-order valence-electron chi connectivity index (χ1n) is 1.13. The monoisotopic (exact) mass is 154 g/mol. The zero-order chi connectivity index (χ0) is 5.58. The number of carbonyl (C=O) groups is 1. The van der Waals surface area contributed by atoms with Gasteiger partial charge in [-0.1, -0.05) is 0 Å². The van der Waals surface area contributed by atoms with Gasteiger partial charge in [-0.25, -0.2) is 0 Å². The van der Waals surface area contributed by atoms with E-state index in [4.69, 9.17) is 20.4 Å². The van der Waals surface area contributed by atoms with Crippen molar-refractivity contribution < 1.29 is 25.9 Å². The molecule has 5 N–H and O–H groups in total. The second kappa shape index (κ2) is 25.5. The fourth-order valence-electron chi connectivity index (χ4n) is 0. The van der Waals surface area contributed by atoms with Crippen molar-refractivity contribution >= 4 is 43.7 Å². The van der Waals surface area contributed by atoms with Crippen LogP contribution in [0.25, 0.3) is 0 Å². The molecule has 0 aromatic heterocycles. The molecule has 0 aliphatic rings. The summed E-state index contributed by atoms with van der Waals surface area (Å²) in [7, 11) is 0. The Kier molecular flexibility index (Phi) is 74.8. The van der Waals surface area contributed by atoms with Gasteiger partial charge in [0, 0.05) is 6.92 Å². The number of carboxylic acid groups (broad SMARTS) is 1. The zero-order valence-electron chi connectivity index (χ0n) is 3.75. The van der Waals surface area contributed by atoms with Gasteiger partial charge in [0.15, 0.2) is 0 Å². The van der Waals surface area contributed by atoms with Crippen molar-refractivity contribution in [1.82, 2.24) is 0 Å². The van der Waals surface area contributed by atoms with E-state index in [9.17, 15) is 0 Å². The molecule has 0 atom stereocenters. The molecule has 0 heterocycles. The van der Waals surface area contributed by atoms with Crippen molar-refractivity contribution in [2.24, 2.45) is 0 Å². The number of hydrogen-bond acceptors (Lipinski definition) is 3. The Hall–Kier alpha value is 0.610. The summed E-state index contributed by atoms with van der Waals surface area (Å²) in [6, 6.07) is 0. The van der Waals surface area contributed by atoms with E-state index in [0.29, 0.717) is 0 Å². The quantitative estimate of drug-likeness (QED) is 0.221. The van der Waals surface area contributed by atoms with Gasteiger partial charge < -0.3 is 10.6 Å². The summed E-state index contributed by atoms with van der Waals surface area (Å²) >= 11 is 0. The van der Waals surface area contributed by atoms with Crippen LogP contribution < -0.4 is 0 Å². The molecule has 0 aromatic rings. The Morgan fingerprint density at radius 3 is 1.38 bits per heavy atom. The molecule has 0 amide bonds. The molecule has 0 aliphatic heterocycles. The van der Waals surface area contributed by atoms with E-state index >= 15 is 0 Å². The first kappa shape index (κ1) is 23.5. The summed E-state index contributed by atoms with van der Waals surface area (Å²) in [5, 5.41) is 19.4. The first-order valence-corrected chi connectivity index (χ1v) is 1.13. The third-order valence-corrected chi connectivity index (χ3v) is 0. The molecular weight excluding hydrogens is 144 g/mol. The second-order valence-corrected chi connectivity index (χ2v) is 0.519. The van der Waals surface area contributed by atoms with E-state index < -0.39 is 5.97 Å². The van der Waals surface area contributed by atoms with E-state index in [-0.39, 0.29) is 43.2 Å². The molecule has 0 saturated heterocycles. The molecule has 0 spiro atoms. The van der Waals surface area contributed by atoms with Gasteiger partial charge in [0.05, 0.1) is 0 Å². The van der Waals surface area contributed by atoms with Crippen LogP contribution in [0.15, 0.2) is 0 Å². The minimum absolute atomic E-state index is 0. The van der Waals surface area contributed by atoms with Crippen LogP contribution in [0.4, 0.5) is 0 Å². The SMILES string of the molecule is CC(=O)O.O.OO.[CaH2]. The summed E-state index contributed by atoms with van der Waals surface area (Å²) in [6.45, 7) is 1.08. The van der Waals surface area contributed by atoms with E-state index in [0.717, 1.165) is 6.92 Å². The molecule has 0 unspecified atom stereocenters. The fraction of sp³-hybridized carbons (Fsp3) is 0.500. The Labute approximate surface area is 76.2 Å². The molecule has 0 bridgehead atoms. The normalized spacial score (nSPS) is 3.88. The van der Waals surface area contributed by atoms with E-state index in [1.54, 1.807) is 0 Å². The van der Waals surface area contributed by atoms with Gasteiger partial charge in [0.25, 0.3) is 5.97 Å². The summed E-state index contributed by atoms with van der Waals surface area (Å²) in [5.41, 5.74) is 0. The Morgan fingerprint density at radius 1 is 1.38 bits per heavy atom. The van der Waals surface area contributed by atoms with Crippen LogP contribution >= 0.6 is 0 Å². The van der Waals surface area contributed by atoms with Crippen LogP contribution in [0, 0.1) is 0 Å². The number of rotatable bonds is 0. The third kappa shape index (κ3) is 559. The van der Waals surface area contributed by atoms with E-state index in [1.165, 1.54) is 0 Å². The van der Waals surface area contributed by atoms with E-state index in [2.05, 4.69) is 0 Å². The summed E-state index contributed by atoms with van der Waals surface area (Å²) in [6.07, 6.45) is 0. The zero-order valence-corrected chi connectivity index (χ0v) is 3.75. The Bertz CT molecular complexity index is 33.4. The molecule has 0 aromatic carbocycles. The fourth-order valence-corrected chi connectivity index (χ4v) is 0. The van der Waals surface area contributed by atoms with E-state index in [1.807, 2.05) is 0 Å². The topological polar surface area (TPSA) is 109 Å². The number of hydrogen-bond donors (Lipinski definition) is 3. The molecule has 0 radical (unpaired) electrons. The molecule has 0 fully saturated rings. The second-order valence-electron chi connectivity index (χ2n) is 0.519. The van der Waals surface area contributed by atoms with Gasteiger partial charge in [-0.3, -0.25) is 15.3 Å². The molecule has 5 nitrogen and oxygen atoms in total. The Morgan fingerprint density at radius 2 is 1.38 bits per heavy atom. The predicted octanol–water partition coefficient (Wildman–Crippen LogP) is -1.63. The Balaban J connectivity index is -0.0000000183.